The van der Waals surface area contributed by atoms with Gasteiger partial charge in [-0.2, -0.15) is 0 Å². The molecule has 0 spiro atoms. The number of hydrogen-bond donors (Lipinski definition) is 2. The number of nitrogens with zero attached hydrogens (tertiary/aromatic N) is 2. The Morgan fingerprint density at radius 2 is 1.31 bits per heavy atom. The Morgan fingerprint density at radius 3 is 1.54 bits per heavy atom. The van der Waals surface area contributed by atoms with Gasteiger partial charge in [-0.15, -0.1) is 0 Å². The van der Waals surface area contributed by atoms with Crippen LogP contribution in [-0.2, 0) is 9.59 Å². The van der Waals surface area contributed by atoms with Crippen molar-refractivity contribution in [1.82, 2.24) is 9.80 Å². The van der Waals surface area contributed by atoms with Gasteiger partial charge in [-0.1, -0.05) is 0 Å². The molecule has 0 unspecified atom stereocenters. The summed E-state index contributed by atoms with van der Waals surface area (Å²) in [5.74, 6) is -0.949. The quantitative estimate of drug-likeness (QED) is 0.495. The summed E-state index contributed by atoms with van der Waals surface area (Å²) >= 11 is 0. The molecule has 0 aromatic rings. The van der Waals surface area contributed by atoms with Crippen LogP contribution in [0.3, 0.4) is 0 Å². The van der Waals surface area contributed by atoms with Crippen LogP contribution in [0.1, 0.15) is 0 Å². The number of likely N-dealkylation sites (N-methyl/N-ethyl adjacent to an activating group) is 2. The summed E-state index contributed by atoms with van der Waals surface area (Å²) in [6, 6.07) is 0. The molecule has 76 valence electrons. The Bertz CT molecular complexity index is 175. The van der Waals surface area contributed by atoms with Crippen molar-refractivity contribution in [2.75, 3.05) is 34.0 Å². The van der Waals surface area contributed by atoms with E-state index in [2.05, 4.69) is 0 Å². The van der Waals surface area contributed by atoms with Gasteiger partial charge in [0.05, 0.1) is 6.67 Å². The first-order valence-electron chi connectivity index (χ1n) is 3.72. The first-order valence-corrected chi connectivity index (χ1v) is 3.72. The molecule has 0 rings (SSSR count). The topological polar surface area (TPSA) is 81.1 Å². The van der Waals surface area contributed by atoms with E-state index in [0.717, 1.165) is 0 Å². The molecule has 2 N–H and O–H groups in total. The molecule has 2 amide bonds. The molecular weight excluding hydrogens is 176 g/mol. The molecule has 0 saturated carbocycles. The van der Waals surface area contributed by atoms with E-state index in [4.69, 9.17) is 10.2 Å². The number of hydrogen-bond acceptors (Lipinski definition) is 4. The number of rotatable bonds is 4. The van der Waals surface area contributed by atoms with E-state index in [-0.39, 0.29) is 6.67 Å². The van der Waals surface area contributed by atoms with Crippen LogP contribution in [-0.4, -0.2) is 65.8 Å². The highest BCUT2D eigenvalue weighted by Gasteiger charge is 2.12. The molecule has 0 fully saturated rings. The zero-order valence-corrected chi connectivity index (χ0v) is 7.73. The minimum absolute atomic E-state index is 0.0544. The van der Waals surface area contributed by atoms with Gasteiger partial charge in [-0.05, 0) is 0 Å². The molecule has 0 radical (unpaired) electrons. The SMILES string of the molecule is CN(CN(C)C(=O)CO)C(=O)CO. The normalized spacial score (nSPS) is 9.54. The van der Waals surface area contributed by atoms with Crippen molar-refractivity contribution in [3.63, 3.8) is 0 Å². The highest BCUT2D eigenvalue weighted by Crippen LogP contribution is 1.89. The third-order valence-electron chi connectivity index (χ3n) is 1.55. The molecule has 0 heterocycles. The molecule has 6 heteroatoms. The summed E-state index contributed by atoms with van der Waals surface area (Å²) in [5.41, 5.74) is 0. The predicted octanol–water partition coefficient (Wildman–Crippen LogP) is -2.15. The third-order valence-corrected chi connectivity index (χ3v) is 1.55. The average Bonchev–Trinajstić information content (AvgIpc) is 2.14. The number of aliphatic hydroxyl groups is 2. The fourth-order valence-corrected chi connectivity index (χ4v) is 0.717. The summed E-state index contributed by atoms with van der Waals surface area (Å²) in [4.78, 5) is 24.0. The van der Waals surface area contributed by atoms with Crippen molar-refractivity contribution < 1.29 is 19.8 Å². The minimum atomic E-state index is -0.586. The Hall–Kier alpha value is -1.14. The molecule has 0 atom stereocenters. The van der Waals surface area contributed by atoms with Gasteiger partial charge < -0.3 is 20.0 Å². The van der Waals surface area contributed by atoms with Gasteiger partial charge in [-0.3, -0.25) is 9.59 Å². The van der Waals surface area contributed by atoms with Crippen molar-refractivity contribution in [1.29, 1.82) is 0 Å². The summed E-state index contributed by atoms with van der Waals surface area (Å²) < 4.78 is 0. The molecule has 0 saturated heterocycles. The standard InChI is InChI=1S/C7H14N2O4/c1-8(6(12)3-10)5-9(2)7(13)4-11/h10-11H,3-5H2,1-2H3. The Kier molecular flexibility index (Phi) is 5.01. The third kappa shape index (κ3) is 3.86. The fourth-order valence-electron chi connectivity index (χ4n) is 0.717. The van der Waals surface area contributed by atoms with Crippen molar-refractivity contribution in [3.8, 4) is 0 Å². The Balaban J connectivity index is 3.98. The van der Waals surface area contributed by atoms with Gasteiger partial charge in [0.1, 0.15) is 13.2 Å². The number of carbonyl (C=O) groups is 2. The van der Waals surface area contributed by atoms with Gasteiger partial charge in [0.2, 0.25) is 11.8 Å². The number of aliphatic hydroxyl groups excluding tert-OH is 2. The lowest BCUT2D eigenvalue weighted by Gasteiger charge is -2.23. The second-order valence-corrected chi connectivity index (χ2v) is 2.64. The molecule has 0 bridgehead atoms. The summed E-state index contributed by atoms with van der Waals surface area (Å²) in [7, 11) is 2.92. The molecule has 0 aromatic heterocycles. The van der Waals surface area contributed by atoms with Crippen LogP contribution >= 0.6 is 0 Å². The predicted molar refractivity (Wildman–Crippen MR) is 44.6 cm³/mol. The molecule has 6 nitrogen and oxygen atoms in total. The van der Waals surface area contributed by atoms with E-state index in [9.17, 15) is 9.59 Å². The van der Waals surface area contributed by atoms with Crippen LogP contribution in [0, 0.1) is 0 Å². The van der Waals surface area contributed by atoms with E-state index in [1.165, 1.54) is 23.9 Å². The van der Waals surface area contributed by atoms with Gasteiger partial charge in [0.15, 0.2) is 0 Å². The maximum absolute atomic E-state index is 10.8. The van der Waals surface area contributed by atoms with Gasteiger partial charge in [0.25, 0.3) is 0 Å². The largest absolute Gasteiger partial charge is 0.387 e. The van der Waals surface area contributed by atoms with Crippen molar-refractivity contribution in [3.05, 3.63) is 0 Å². The van der Waals surface area contributed by atoms with Crippen molar-refractivity contribution in [2.45, 2.75) is 0 Å². The fraction of sp³-hybridized carbons (Fsp3) is 0.714. The summed E-state index contributed by atoms with van der Waals surface area (Å²) in [6.45, 7) is -1.12. The van der Waals surface area contributed by atoms with Crippen LogP contribution < -0.4 is 0 Å². The lowest BCUT2D eigenvalue weighted by Crippen LogP contribution is -2.42. The van der Waals surface area contributed by atoms with Crippen LogP contribution in [0.4, 0.5) is 0 Å². The van der Waals surface area contributed by atoms with E-state index < -0.39 is 25.0 Å². The maximum atomic E-state index is 10.8. The van der Waals surface area contributed by atoms with Crippen LogP contribution in [0.25, 0.3) is 0 Å². The minimum Gasteiger partial charge on any atom is -0.387 e. The first-order chi connectivity index (χ1) is 6.02. The van der Waals surface area contributed by atoms with E-state index in [1.807, 2.05) is 0 Å². The smallest absolute Gasteiger partial charge is 0.249 e. The molecule has 0 aliphatic heterocycles. The van der Waals surface area contributed by atoms with Crippen LogP contribution in [0.15, 0.2) is 0 Å². The second-order valence-electron chi connectivity index (χ2n) is 2.64. The molecular formula is C7H14N2O4. The molecule has 13 heavy (non-hydrogen) atoms. The lowest BCUT2D eigenvalue weighted by atomic mass is 10.5. The number of amides is 2. The summed E-state index contributed by atoms with van der Waals surface area (Å²) in [5, 5.41) is 16.9. The first kappa shape index (κ1) is 11.9. The monoisotopic (exact) mass is 190 g/mol. The molecule has 0 aromatic carbocycles. The molecule has 0 aliphatic carbocycles. The Morgan fingerprint density at radius 1 is 1.00 bits per heavy atom. The maximum Gasteiger partial charge on any atom is 0.249 e. The van der Waals surface area contributed by atoms with E-state index in [0.29, 0.717) is 0 Å². The van der Waals surface area contributed by atoms with Crippen LogP contribution in [0.2, 0.25) is 0 Å². The lowest BCUT2D eigenvalue weighted by molar-refractivity contribution is -0.140. The zero-order chi connectivity index (χ0) is 10.4. The van der Waals surface area contributed by atoms with Crippen LogP contribution in [0.5, 0.6) is 0 Å². The molecule has 0 aliphatic rings. The highest BCUT2D eigenvalue weighted by atomic mass is 16.3. The highest BCUT2D eigenvalue weighted by molar-refractivity contribution is 5.79. The zero-order valence-electron chi connectivity index (χ0n) is 7.73. The van der Waals surface area contributed by atoms with Gasteiger partial charge in [-0.25, -0.2) is 0 Å². The van der Waals surface area contributed by atoms with Gasteiger partial charge >= 0.3 is 0 Å². The van der Waals surface area contributed by atoms with E-state index >= 15 is 0 Å². The second kappa shape index (κ2) is 5.50. The van der Waals surface area contributed by atoms with E-state index in [1.54, 1.807) is 0 Å². The van der Waals surface area contributed by atoms with Gasteiger partial charge in [0, 0.05) is 14.1 Å². The van der Waals surface area contributed by atoms with Crippen molar-refractivity contribution in [2.24, 2.45) is 0 Å². The Labute approximate surface area is 76.4 Å². The number of carbonyl (C=O) groups excluding carboxylic acids is 2. The average molecular weight is 190 g/mol. The van der Waals surface area contributed by atoms with Crippen molar-refractivity contribution >= 4 is 11.8 Å². The summed E-state index contributed by atoms with van der Waals surface area (Å²) in [6.07, 6.45) is 0.